The van der Waals surface area contributed by atoms with Gasteiger partial charge in [-0.2, -0.15) is 0 Å². The van der Waals surface area contributed by atoms with E-state index in [0.29, 0.717) is 19.0 Å². The van der Waals surface area contributed by atoms with Crippen LogP contribution in [0.4, 0.5) is 4.39 Å². The minimum absolute atomic E-state index is 0.0632. The summed E-state index contributed by atoms with van der Waals surface area (Å²) in [6, 6.07) is 6.73. The first-order valence-corrected chi connectivity index (χ1v) is 6.06. The van der Waals surface area contributed by atoms with E-state index in [-0.39, 0.29) is 11.4 Å². The van der Waals surface area contributed by atoms with E-state index in [1.54, 1.807) is 12.1 Å². The van der Waals surface area contributed by atoms with Crippen molar-refractivity contribution in [3.63, 3.8) is 0 Å². The highest BCUT2D eigenvalue weighted by molar-refractivity contribution is 5.16. The third-order valence-electron chi connectivity index (χ3n) is 3.84. The summed E-state index contributed by atoms with van der Waals surface area (Å²) >= 11 is 0. The lowest BCUT2D eigenvalue weighted by atomic mass is 9.86. The number of nitrogens with two attached hydrogens (primary N) is 1. The minimum atomic E-state index is -0.185. The van der Waals surface area contributed by atoms with Gasteiger partial charge in [0.1, 0.15) is 5.82 Å². The van der Waals surface area contributed by atoms with Gasteiger partial charge in [-0.25, -0.2) is 4.39 Å². The number of halogens is 1. The van der Waals surface area contributed by atoms with Crippen molar-refractivity contribution < 1.29 is 4.39 Å². The monoisotopic (exact) mass is 238 g/mol. The zero-order valence-electron chi connectivity index (χ0n) is 11.2. The Morgan fingerprint density at radius 2 is 2.06 bits per heavy atom. The summed E-state index contributed by atoms with van der Waals surface area (Å²) in [4.78, 5) is 2.20. The van der Waals surface area contributed by atoms with E-state index in [0.717, 1.165) is 5.56 Å². The lowest BCUT2D eigenvalue weighted by Gasteiger charge is -2.41. The van der Waals surface area contributed by atoms with Gasteiger partial charge in [-0.1, -0.05) is 26.0 Å². The fourth-order valence-corrected chi connectivity index (χ4v) is 1.92. The molecule has 0 aliphatic rings. The van der Waals surface area contributed by atoms with Crippen molar-refractivity contribution in [1.82, 2.24) is 4.90 Å². The Hall–Kier alpha value is -0.930. The summed E-state index contributed by atoms with van der Waals surface area (Å²) in [5.74, 6) is 0.265. The molecular formula is C14H23FN2. The van der Waals surface area contributed by atoms with Gasteiger partial charge in [0.05, 0.1) is 0 Å². The summed E-state index contributed by atoms with van der Waals surface area (Å²) < 4.78 is 13.1. The fourth-order valence-electron chi connectivity index (χ4n) is 1.92. The van der Waals surface area contributed by atoms with Crippen LogP contribution in [0.1, 0.15) is 26.3 Å². The third-order valence-corrected chi connectivity index (χ3v) is 3.84. The number of benzene rings is 1. The molecule has 0 saturated carbocycles. The van der Waals surface area contributed by atoms with E-state index < -0.39 is 0 Å². The van der Waals surface area contributed by atoms with Gasteiger partial charge in [0.25, 0.3) is 0 Å². The number of rotatable bonds is 5. The molecule has 1 unspecified atom stereocenters. The summed E-state index contributed by atoms with van der Waals surface area (Å²) in [7, 11) is 2.04. The van der Waals surface area contributed by atoms with Crippen LogP contribution in [0.25, 0.3) is 0 Å². The second kappa shape index (κ2) is 5.61. The lowest BCUT2D eigenvalue weighted by molar-refractivity contribution is 0.0877. The quantitative estimate of drug-likeness (QED) is 0.854. The van der Waals surface area contributed by atoms with Gasteiger partial charge in [-0.05, 0) is 37.6 Å². The maximum atomic E-state index is 13.1. The highest BCUT2D eigenvalue weighted by atomic mass is 19.1. The van der Waals surface area contributed by atoms with Gasteiger partial charge < -0.3 is 5.73 Å². The van der Waals surface area contributed by atoms with Crippen molar-refractivity contribution in [2.45, 2.75) is 32.9 Å². The molecule has 1 atom stereocenters. The number of nitrogens with zero attached hydrogens (tertiary/aromatic N) is 1. The molecule has 0 heterocycles. The Morgan fingerprint density at radius 1 is 1.41 bits per heavy atom. The maximum absolute atomic E-state index is 13.1. The summed E-state index contributed by atoms with van der Waals surface area (Å²) in [5.41, 5.74) is 6.79. The molecule has 0 bridgehead atoms. The van der Waals surface area contributed by atoms with Crippen molar-refractivity contribution in [3.8, 4) is 0 Å². The zero-order valence-corrected chi connectivity index (χ0v) is 11.2. The average Bonchev–Trinajstić information content (AvgIpc) is 2.27. The molecule has 0 radical (unpaired) electrons. The molecule has 0 aliphatic heterocycles. The SMILES string of the molecule is CC(C)C(C)(CN)N(C)Cc1cccc(F)c1. The van der Waals surface area contributed by atoms with Gasteiger partial charge in [0.15, 0.2) is 0 Å². The van der Waals surface area contributed by atoms with Crippen molar-refractivity contribution in [1.29, 1.82) is 0 Å². The van der Waals surface area contributed by atoms with Crippen LogP contribution in [-0.4, -0.2) is 24.0 Å². The van der Waals surface area contributed by atoms with Gasteiger partial charge in [-0.3, -0.25) is 4.90 Å². The van der Waals surface area contributed by atoms with Gasteiger partial charge in [-0.15, -0.1) is 0 Å². The number of hydrogen-bond acceptors (Lipinski definition) is 2. The zero-order chi connectivity index (χ0) is 13.1. The molecule has 0 amide bonds. The van der Waals surface area contributed by atoms with Crippen LogP contribution >= 0.6 is 0 Å². The topological polar surface area (TPSA) is 29.3 Å². The molecule has 0 spiro atoms. The van der Waals surface area contributed by atoms with Crippen LogP contribution in [0.3, 0.4) is 0 Å². The van der Waals surface area contributed by atoms with Crippen LogP contribution < -0.4 is 5.73 Å². The van der Waals surface area contributed by atoms with E-state index in [1.807, 2.05) is 13.1 Å². The first kappa shape index (κ1) is 14.1. The Bertz CT molecular complexity index is 365. The molecular weight excluding hydrogens is 215 g/mol. The van der Waals surface area contributed by atoms with Crippen molar-refractivity contribution in [2.75, 3.05) is 13.6 Å². The molecule has 2 nitrogen and oxygen atoms in total. The highest BCUT2D eigenvalue weighted by Crippen LogP contribution is 2.24. The normalized spacial score (nSPS) is 15.3. The number of hydrogen-bond donors (Lipinski definition) is 1. The Kier molecular flexibility index (Phi) is 4.66. The van der Waals surface area contributed by atoms with Crippen LogP contribution in [-0.2, 0) is 6.54 Å². The van der Waals surface area contributed by atoms with Crippen LogP contribution in [0.5, 0.6) is 0 Å². The van der Waals surface area contributed by atoms with Crippen molar-refractivity contribution >= 4 is 0 Å². The molecule has 96 valence electrons. The smallest absolute Gasteiger partial charge is 0.123 e. The highest BCUT2D eigenvalue weighted by Gasteiger charge is 2.31. The Balaban J connectivity index is 2.81. The second-order valence-corrected chi connectivity index (χ2v) is 5.20. The number of likely N-dealkylation sites (N-methyl/N-ethyl adjacent to an activating group) is 1. The van der Waals surface area contributed by atoms with Crippen LogP contribution in [0.2, 0.25) is 0 Å². The summed E-state index contributed by atoms with van der Waals surface area (Å²) in [6.45, 7) is 7.78. The second-order valence-electron chi connectivity index (χ2n) is 5.20. The maximum Gasteiger partial charge on any atom is 0.123 e. The van der Waals surface area contributed by atoms with E-state index >= 15 is 0 Å². The van der Waals surface area contributed by atoms with Gasteiger partial charge in [0.2, 0.25) is 0 Å². The molecule has 0 fully saturated rings. The van der Waals surface area contributed by atoms with Crippen molar-refractivity contribution in [2.24, 2.45) is 11.7 Å². The Labute approximate surface area is 104 Å². The average molecular weight is 238 g/mol. The molecule has 2 N–H and O–H groups in total. The largest absolute Gasteiger partial charge is 0.329 e. The molecule has 0 aliphatic carbocycles. The van der Waals surface area contributed by atoms with E-state index in [1.165, 1.54) is 6.07 Å². The van der Waals surface area contributed by atoms with Gasteiger partial charge >= 0.3 is 0 Å². The predicted molar refractivity (Wildman–Crippen MR) is 70.2 cm³/mol. The summed E-state index contributed by atoms with van der Waals surface area (Å²) in [6.07, 6.45) is 0. The minimum Gasteiger partial charge on any atom is -0.329 e. The van der Waals surface area contributed by atoms with Crippen LogP contribution in [0.15, 0.2) is 24.3 Å². The first-order valence-electron chi connectivity index (χ1n) is 6.06. The first-order chi connectivity index (χ1) is 7.90. The van der Waals surface area contributed by atoms with E-state index in [4.69, 9.17) is 5.73 Å². The summed E-state index contributed by atoms with van der Waals surface area (Å²) in [5, 5.41) is 0. The molecule has 1 aromatic rings. The van der Waals surface area contributed by atoms with Crippen molar-refractivity contribution in [3.05, 3.63) is 35.6 Å². The van der Waals surface area contributed by atoms with Gasteiger partial charge in [0, 0.05) is 18.6 Å². The fraction of sp³-hybridized carbons (Fsp3) is 0.571. The molecule has 1 rings (SSSR count). The van der Waals surface area contributed by atoms with E-state index in [9.17, 15) is 4.39 Å². The molecule has 1 aromatic carbocycles. The lowest BCUT2D eigenvalue weighted by Crippen LogP contribution is -2.53. The molecule has 0 saturated heterocycles. The predicted octanol–water partition coefficient (Wildman–Crippen LogP) is 2.63. The Morgan fingerprint density at radius 3 is 2.53 bits per heavy atom. The standard InChI is InChI=1S/C14H23FN2/c1-11(2)14(3,10-16)17(4)9-12-6-5-7-13(15)8-12/h5-8,11H,9-10,16H2,1-4H3. The van der Waals surface area contributed by atoms with E-state index in [2.05, 4.69) is 25.7 Å². The molecule has 3 heteroatoms. The van der Waals surface area contributed by atoms with Crippen LogP contribution in [0, 0.1) is 11.7 Å². The molecule has 0 aromatic heterocycles. The molecule has 17 heavy (non-hydrogen) atoms. The third kappa shape index (κ3) is 3.27.